The van der Waals surface area contributed by atoms with Crippen LogP contribution in [0.25, 0.3) is 0 Å². The summed E-state index contributed by atoms with van der Waals surface area (Å²) >= 11 is 0. The van der Waals surface area contributed by atoms with Gasteiger partial charge < -0.3 is 5.32 Å². The Morgan fingerprint density at radius 3 is 2.21 bits per heavy atom. The Hall–Kier alpha value is -2.69. The number of carbonyl (C=O) groups excluding carboxylic acids is 1. The fourth-order valence-corrected chi connectivity index (χ4v) is 6.07. The van der Waals surface area contributed by atoms with E-state index < -0.39 is 10.0 Å². The number of nitrogens with one attached hydrogen (secondary N) is 1. The average Bonchev–Trinajstić information content (AvgIpc) is 2.86. The molecule has 1 aliphatic heterocycles. The zero-order chi connectivity index (χ0) is 24.9. The first-order valence-electron chi connectivity index (χ1n) is 12.1. The molecular formula is C27H35N3O3S. The number of sulfonamides is 1. The Labute approximate surface area is 204 Å². The summed E-state index contributed by atoms with van der Waals surface area (Å²) in [6.45, 7) is 9.09. The molecule has 2 aromatic rings. The fraction of sp³-hybridized carbons (Fsp3) is 0.481. The predicted octanol–water partition coefficient (Wildman–Crippen LogP) is 4.99. The molecule has 1 N–H and O–H groups in total. The Bertz CT molecular complexity index is 1130. The lowest BCUT2D eigenvalue weighted by atomic mass is 9.91. The molecule has 0 radical (unpaired) electrons. The molecule has 34 heavy (non-hydrogen) atoms. The van der Waals surface area contributed by atoms with Gasteiger partial charge in [-0.2, -0.15) is 9.57 Å². The van der Waals surface area contributed by atoms with Crippen LogP contribution in [-0.2, 0) is 14.8 Å². The van der Waals surface area contributed by atoms with Crippen molar-refractivity contribution in [3.63, 3.8) is 0 Å². The second kappa shape index (κ2) is 11.2. The summed E-state index contributed by atoms with van der Waals surface area (Å²) in [5, 5.41) is 12.5. The topological polar surface area (TPSA) is 90.3 Å². The van der Waals surface area contributed by atoms with E-state index in [0.29, 0.717) is 18.8 Å². The van der Waals surface area contributed by atoms with Crippen molar-refractivity contribution in [3.05, 3.63) is 65.2 Å². The van der Waals surface area contributed by atoms with Gasteiger partial charge in [0.15, 0.2) is 0 Å². The number of benzene rings is 2. The Balaban J connectivity index is 1.66. The SMILES string of the molecule is CCC(C)c1ccc(C(NC(=O)C2CCN(S(=O)(=O)c3ccccc3C#N)CC2)C(C)C)cc1. The maximum Gasteiger partial charge on any atom is 0.244 e. The van der Waals surface area contributed by atoms with Gasteiger partial charge >= 0.3 is 0 Å². The van der Waals surface area contributed by atoms with Crippen LogP contribution in [0.3, 0.4) is 0 Å². The van der Waals surface area contributed by atoms with E-state index >= 15 is 0 Å². The second-order valence-corrected chi connectivity index (χ2v) is 11.4. The molecule has 2 atom stereocenters. The summed E-state index contributed by atoms with van der Waals surface area (Å²) in [6, 6.07) is 16.6. The average molecular weight is 482 g/mol. The van der Waals surface area contributed by atoms with Crippen LogP contribution in [0.4, 0.5) is 0 Å². The van der Waals surface area contributed by atoms with Crippen molar-refractivity contribution in [2.75, 3.05) is 13.1 Å². The van der Waals surface area contributed by atoms with Gasteiger partial charge in [0, 0.05) is 19.0 Å². The number of nitriles is 1. The predicted molar refractivity (Wildman–Crippen MR) is 134 cm³/mol. The summed E-state index contributed by atoms with van der Waals surface area (Å²) in [4.78, 5) is 13.1. The third-order valence-electron chi connectivity index (χ3n) is 6.89. The second-order valence-electron chi connectivity index (χ2n) is 9.49. The Morgan fingerprint density at radius 1 is 1.06 bits per heavy atom. The van der Waals surface area contributed by atoms with Crippen molar-refractivity contribution in [2.24, 2.45) is 11.8 Å². The van der Waals surface area contributed by atoms with Crippen LogP contribution in [0.1, 0.15) is 75.6 Å². The van der Waals surface area contributed by atoms with E-state index in [1.807, 2.05) is 6.07 Å². The van der Waals surface area contributed by atoms with Crippen molar-refractivity contribution in [3.8, 4) is 6.07 Å². The van der Waals surface area contributed by atoms with E-state index in [4.69, 9.17) is 0 Å². The zero-order valence-corrected chi connectivity index (χ0v) is 21.3. The van der Waals surface area contributed by atoms with Crippen molar-refractivity contribution in [1.29, 1.82) is 5.26 Å². The highest BCUT2D eigenvalue weighted by Gasteiger charge is 2.34. The molecule has 6 nitrogen and oxygen atoms in total. The smallest absolute Gasteiger partial charge is 0.244 e. The van der Waals surface area contributed by atoms with Crippen LogP contribution < -0.4 is 5.32 Å². The monoisotopic (exact) mass is 481 g/mol. The summed E-state index contributed by atoms with van der Waals surface area (Å²) in [7, 11) is -3.77. The Kier molecular flexibility index (Phi) is 8.51. The van der Waals surface area contributed by atoms with E-state index in [9.17, 15) is 18.5 Å². The lowest BCUT2D eigenvalue weighted by molar-refractivity contribution is -0.127. The van der Waals surface area contributed by atoms with Crippen LogP contribution in [0, 0.1) is 23.2 Å². The van der Waals surface area contributed by atoms with Gasteiger partial charge in [-0.25, -0.2) is 8.42 Å². The van der Waals surface area contributed by atoms with E-state index in [1.165, 1.54) is 22.0 Å². The minimum atomic E-state index is -3.77. The lowest BCUT2D eigenvalue weighted by Crippen LogP contribution is -2.44. The lowest BCUT2D eigenvalue weighted by Gasteiger charge is -2.32. The van der Waals surface area contributed by atoms with Crippen LogP contribution in [0.15, 0.2) is 53.4 Å². The van der Waals surface area contributed by atoms with Gasteiger partial charge in [0.05, 0.1) is 16.5 Å². The highest BCUT2D eigenvalue weighted by molar-refractivity contribution is 7.89. The minimum absolute atomic E-state index is 0.0285. The number of rotatable bonds is 8. The molecule has 7 heteroatoms. The first-order valence-corrected chi connectivity index (χ1v) is 13.5. The third kappa shape index (κ3) is 5.68. The molecule has 0 bridgehead atoms. The Morgan fingerprint density at radius 2 is 1.65 bits per heavy atom. The standard InChI is InChI=1S/C27H35N3O3S/c1-5-20(4)21-10-12-22(13-11-21)26(19(2)3)29-27(31)23-14-16-30(17-15-23)34(32,33)25-9-7-6-8-24(25)18-28/h6-13,19-20,23,26H,5,14-17H2,1-4H3,(H,29,31). The number of hydrogen-bond donors (Lipinski definition) is 1. The highest BCUT2D eigenvalue weighted by atomic mass is 32.2. The van der Waals surface area contributed by atoms with Gasteiger partial charge in [-0.3, -0.25) is 4.79 Å². The number of nitrogens with zero attached hydrogens (tertiary/aromatic N) is 2. The third-order valence-corrected chi connectivity index (χ3v) is 8.85. The van der Waals surface area contributed by atoms with Gasteiger partial charge in [-0.15, -0.1) is 0 Å². The molecule has 0 aliphatic carbocycles. The first-order chi connectivity index (χ1) is 16.2. The number of amides is 1. The number of carbonyl (C=O) groups is 1. The molecule has 1 heterocycles. The number of piperidine rings is 1. The van der Waals surface area contributed by atoms with E-state index in [2.05, 4.69) is 57.3 Å². The molecule has 2 unspecified atom stereocenters. The number of hydrogen-bond acceptors (Lipinski definition) is 4. The van der Waals surface area contributed by atoms with Gasteiger partial charge in [-0.05, 0) is 54.4 Å². The van der Waals surface area contributed by atoms with Crippen molar-refractivity contribution < 1.29 is 13.2 Å². The molecular weight excluding hydrogens is 446 g/mol. The summed E-state index contributed by atoms with van der Waals surface area (Å²) in [5.74, 6) is 0.460. The summed E-state index contributed by atoms with van der Waals surface area (Å²) < 4.78 is 27.5. The minimum Gasteiger partial charge on any atom is -0.349 e. The largest absolute Gasteiger partial charge is 0.349 e. The summed E-state index contributed by atoms with van der Waals surface area (Å²) in [6.07, 6.45) is 2.00. The van der Waals surface area contributed by atoms with Gasteiger partial charge in [0.1, 0.15) is 6.07 Å². The molecule has 0 spiro atoms. The normalized spacial score (nSPS) is 17.2. The summed E-state index contributed by atoms with van der Waals surface area (Å²) in [5.41, 5.74) is 2.52. The molecule has 1 fully saturated rings. The molecule has 0 aromatic heterocycles. The van der Waals surface area contributed by atoms with E-state index in [-0.39, 0.29) is 47.3 Å². The van der Waals surface area contributed by atoms with Crippen LogP contribution in [0.5, 0.6) is 0 Å². The van der Waals surface area contributed by atoms with Gasteiger partial charge in [0.25, 0.3) is 0 Å². The highest BCUT2D eigenvalue weighted by Crippen LogP contribution is 2.29. The molecule has 2 aromatic carbocycles. The molecule has 1 aliphatic rings. The molecule has 182 valence electrons. The fourth-order valence-electron chi connectivity index (χ4n) is 4.45. The zero-order valence-electron chi connectivity index (χ0n) is 20.5. The van der Waals surface area contributed by atoms with Crippen molar-refractivity contribution in [1.82, 2.24) is 9.62 Å². The maximum atomic E-state index is 13.1. The van der Waals surface area contributed by atoms with E-state index in [1.54, 1.807) is 12.1 Å². The first kappa shape index (κ1) is 25.9. The van der Waals surface area contributed by atoms with Crippen LogP contribution >= 0.6 is 0 Å². The molecule has 3 rings (SSSR count). The van der Waals surface area contributed by atoms with E-state index in [0.717, 1.165) is 12.0 Å². The molecule has 1 amide bonds. The van der Waals surface area contributed by atoms with Crippen LogP contribution in [0.2, 0.25) is 0 Å². The van der Waals surface area contributed by atoms with Crippen molar-refractivity contribution in [2.45, 2.75) is 63.8 Å². The maximum absolute atomic E-state index is 13.1. The van der Waals surface area contributed by atoms with Crippen LogP contribution in [-0.4, -0.2) is 31.7 Å². The quantitative estimate of drug-likeness (QED) is 0.575. The molecule has 0 saturated carbocycles. The van der Waals surface area contributed by atoms with Gasteiger partial charge in [0.2, 0.25) is 15.9 Å². The van der Waals surface area contributed by atoms with Gasteiger partial charge in [-0.1, -0.05) is 64.1 Å². The molecule has 1 saturated heterocycles. The van der Waals surface area contributed by atoms with Crippen molar-refractivity contribution >= 4 is 15.9 Å².